The molecule has 0 amide bonds. The number of ether oxygens (including phenoxy) is 2. The number of rotatable bonds is 4. The van der Waals surface area contributed by atoms with Crippen LogP contribution in [0.4, 0.5) is 0 Å². The van der Waals surface area contributed by atoms with E-state index in [0.717, 1.165) is 44.1 Å². The first-order chi connectivity index (χ1) is 21.1. The second kappa shape index (κ2) is 11.1. The molecule has 0 aromatic heterocycles. The Morgan fingerprint density at radius 1 is 0.911 bits per heavy atom. The van der Waals surface area contributed by atoms with E-state index in [0.29, 0.717) is 31.1 Å². The van der Waals surface area contributed by atoms with Gasteiger partial charge in [-0.1, -0.05) is 46.3 Å². The lowest BCUT2D eigenvalue weighted by Crippen LogP contribution is -2.65. The third-order valence-electron chi connectivity index (χ3n) is 15.0. The van der Waals surface area contributed by atoms with Crippen LogP contribution in [0.2, 0.25) is 0 Å². The van der Waals surface area contributed by atoms with Crippen LogP contribution in [0, 0.1) is 44.8 Å². The van der Waals surface area contributed by atoms with Crippen LogP contribution in [-0.4, -0.2) is 86.6 Å². The minimum Gasteiger partial charge on any atom is -0.432 e. The quantitative estimate of drug-likeness (QED) is 0.256. The SMILES string of the molecule is CC1=C2C3=CC[C@@H]4[C@@]5(C)CC[C@H](O)[C@@](C)(CO)[C@@H]5CC[C@@]4(C)[C@]3(C)CC[C@@]2(C(=O)O[C@@H]2O[C@H](CO)[C@@H](O)[C@H](O)[C@H]2O)CC[C@H]1C. The predicted octanol–water partition coefficient (Wildman–Crippen LogP) is 3.38. The number of aliphatic hydroxyl groups excluding tert-OH is 6. The Hall–Kier alpha value is -1.33. The van der Waals surface area contributed by atoms with Crippen LogP contribution < -0.4 is 0 Å². The first-order valence-electron chi connectivity index (χ1n) is 17.3. The second-order valence-corrected chi connectivity index (χ2v) is 16.7. The van der Waals surface area contributed by atoms with E-state index in [1.54, 1.807) is 0 Å². The van der Waals surface area contributed by atoms with E-state index < -0.39 is 60.2 Å². The van der Waals surface area contributed by atoms with Gasteiger partial charge in [0, 0.05) is 5.41 Å². The summed E-state index contributed by atoms with van der Waals surface area (Å²) >= 11 is 0. The molecule has 14 atom stereocenters. The van der Waals surface area contributed by atoms with Crippen molar-refractivity contribution in [3.63, 3.8) is 0 Å². The molecule has 9 heteroatoms. The molecule has 5 aliphatic carbocycles. The van der Waals surface area contributed by atoms with Crippen molar-refractivity contribution in [3.05, 3.63) is 22.8 Å². The summed E-state index contributed by atoms with van der Waals surface area (Å²) in [5, 5.41) is 62.6. The normalized spacial score (nSPS) is 53.0. The van der Waals surface area contributed by atoms with E-state index >= 15 is 0 Å². The smallest absolute Gasteiger partial charge is 0.318 e. The Bertz CT molecular complexity index is 1260. The predicted molar refractivity (Wildman–Crippen MR) is 166 cm³/mol. The summed E-state index contributed by atoms with van der Waals surface area (Å²) in [7, 11) is 0. The molecule has 0 radical (unpaired) electrons. The summed E-state index contributed by atoms with van der Waals surface area (Å²) in [6.07, 6.45) is 1.69. The Labute approximate surface area is 267 Å². The number of hydrogen-bond donors (Lipinski definition) is 6. The second-order valence-electron chi connectivity index (χ2n) is 16.7. The van der Waals surface area contributed by atoms with E-state index in [-0.39, 0.29) is 28.8 Å². The van der Waals surface area contributed by atoms with E-state index in [1.165, 1.54) is 11.1 Å². The van der Waals surface area contributed by atoms with Gasteiger partial charge in [0.05, 0.1) is 24.7 Å². The maximum atomic E-state index is 14.4. The largest absolute Gasteiger partial charge is 0.432 e. The molecule has 1 heterocycles. The zero-order valence-electron chi connectivity index (χ0n) is 28.0. The van der Waals surface area contributed by atoms with Crippen molar-refractivity contribution in [3.8, 4) is 0 Å². The van der Waals surface area contributed by atoms with Gasteiger partial charge in [0.2, 0.25) is 6.29 Å². The first kappa shape index (κ1) is 33.6. The minimum atomic E-state index is -1.64. The van der Waals surface area contributed by atoms with Gasteiger partial charge >= 0.3 is 5.97 Å². The maximum absolute atomic E-state index is 14.4. The first-order valence-corrected chi connectivity index (χ1v) is 17.3. The Morgan fingerprint density at radius 2 is 1.62 bits per heavy atom. The molecular weight excluding hydrogens is 576 g/mol. The van der Waals surface area contributed by atoms with Gasteiger partial charge in [0.25, 0.3) is 0 Å². The van der Waals surface area contributed by atoms with E-state index in [2.05, 4.69) is 47.6 Å². The number of aliphatic hydroxyl groups is 6. The molecule has 1 aliphatic heterocycles. The van der Waals surface area contributed by atoms with Gasteiger partial charge in [-0.05, 0) is 110 Å². The molecule has 0 bridgehead atoms. The molecule has 6 aliphatic rings. The van der Waals surface area contributed by atoms with Crippen molar-refractivity contribution in [1.82, 2.24) is 0 Å². The molecule has 9 nitrogen and oxygen atoms in total. The molecule has 0 unspecified atom stereocenters. The van der Waals surface area contributed by atoms with Crippen LogP contribution in [0.5, 0.6) is 0 Å². The highest BCUT2D eigenvalue weighted by molar-refractivity contribution is 5.84. The molecule has 0 aromatic carbocycles. The van der Waals surface area contributed by atoms with Crippen molar-refractivity contribution in [2.75, 3.05) is 13.2 Å². The molecule has 4 fully saturated rings. The van der Waals surface area contributed by atoms with Crippen molar-refractivity contribution in [1.29, 1.82) is 0 Å². The van der Waals surface area contributed by atoms with Crippen LogP contribution in [0.25, 0.3) is 0 Å². The summed E-state index contributed by atoms with van der Waals surface area (Å²) in [6.45, 7) is 13.1. The van der Waals surface area contributed by atoms with Gasteiger partial charge < -0.3 is 40.1 Å². The number of carbonyl (C=O) groups excluding carboxylic acids is 1. The van der Waals surface area contributed by atoms with Gasteiger partial charge in [0.1, 0.15) is 24.4 Å². The zero-order chi connectivity index (χ0) is 32.9. The van der Waals surface area contributed by atoms with Crippen molar-refractivity contribution in [2.24, 2.45) is 44.8 Å². The molecule has 0 aromatic rings. The number of fused-ring (bicyclic) bond motifs is 7. The van der Waals surface area contributed by atoms with Gasteiger partial charge in [-0.15, -0.1) is 0 Å². The average Bonchev–Trinajstić information content (AvgIpc) is 3.01. The fourth-order valence-corrected chi connectivity index (χ4v) is 11.6. The molecule has 3 saturated carbocycles. The van der Waals surface area contributed by atoms with Crippen molar-refractivity contribution in [2.45, 2.75) is 136 Å². The third-order valence-corrected chi connectivity index (χ3v) is 15.0. The van der Waals surface area contributed by atoms with Gasteiger partial charge in [0.15, 0.2) is 0 Å². The molecular formula is C36H56O9. The average molecular weight is 633 g/mol. The van der Waals surface area contributed by atoms with Crippen LogP contribution in [-0.2, 0) is 14.3 Å². The molecule has 45 heavy (non-hydrogen) atoms. The summed E-state index contributed by atoms with van der Waals surface area (Å²) < 4.78 is 11.5. The lowest BCUT2D eigenvalue weighted by Gasteiger charge is -2.70. The van der Waals surface area contributed by atoms with Crippen LogP contribution in [0.3, 0.4) is 0 Å². The van der Waals surface area contributed by atoms with Gasteiger partial charge in [-0.25, -0.2) is 0 Å². The Balaban J connectivity index is 1.38. The van der Waals surface area contributed by atoms with E-state index in [1.807, 2.05) is 0 Å². The summed E-state index contributed by atoms with van der Waals surface area (Å²) in [6, 6.07) is 0. The highest BCUT2D eigenvalue weighted by Crippen LogP contribution is 2.75. The molecule has 0 spiro atoms. The van der Waals surface area contributed by atoms with Crippen LogP contribution in [0.1, 0.15) is 99.3 Å². The topological polar surface area (TPSA) is 157 Å². The summed E-state index contributed by atoms with van der Waals surface area (Å²) in [5.74, 6) is 0.396. The number of allylic oxidation sites excluding steroid dienone is 3. The number of hydrogen-bond acceptors (Lipinski definition) is 9. The zero-order valence-corrected chi connectivity index (χ0v) is 28.0. The fraction of sp³-hybridized carbons (Fsp3) is 0.861. The lowest BCUT2D eigenvalue weighted by molar-refractivity contribution is -0.295. The van der Waals surface area contributed by atoms with Crippen molar-refractivity contribution < 1.29 is 44.9 Å². The maximum Gasteiger partial charge on any atom is 0.318 e. The van der Waals surface area contributed by atoms with Crippen LogP contribution in [0.15, 0.2) is 22.8 Å². The minimum absolute atomic E-state index is 0.0146. The number of carbonyl (C=O) groups is 1. The van der Waals surface area contributed by atoms with Gasteiger partial charge in [-0.3, -0.25) is 4.79 Å². The van der Waals surface area contributed by atoms with Crippen molar-refractivity contribution >= 4 is 5.97 Å². The fourth-order valence-electron chi connectivity index (χ4n) is 11.6. The molecule has 1 saturated heterocycles. The summed E-state index contributed by atoms with van der Waals surface area (Å²) in [5.41, 5.74) is 1.77. The molecule has 6 N–H and O–H groups in total. The van der Waals surface area contributed by atoms with Gasteiger partial charge in [-0.2, -0.15) is 0 Å². The molecule has 254 valence electrons. The highest BCUT2D eigenvalue weighted by atomic mass is 16.7. The van der Waals surface area contributed by atoms with E-state index in [9.17, 15) is 35.4 Å². The molecule has 6 rings (SSSR count). The Kier molecular flexibility index (Phi) is 8.29. The highest BCUT2D eigenvalue weighted by Gasteiger charge is 2.69. The number of esters is 1. The van der Waals surface area contributed by atoms with E-state index in [4.69, 9.17) is 9.47 Å². The van der Waals surface area contributed by atoms with Crippen LogP contribution >= 0.6 is 0 Å². The standard InChI is InChI=1S/C36H56O9/c1-19-9-14-36(31(43)45-30-29(42)28(41)27(40)22(17-37)44-30)16-15-34(5)21(26(36)20(19)2)7-8-24-32(3)12-11-25(39)33(4,18-38)23(32)10-13-35(24,34)6/h7,19,22-25,27-30,37-42H,8-18H2,1-6H3/t19-,22-,23-,24-,25+,27-,28+,29-,30+,32+,33+,34-,35-,36+/m1/s1. The lowest BCUT2D eigenvalue weighted by atomic mass is 9.34. The third kappa shape index (κ3) is 4.40. The summed E-state index contributed by atoms with van der Waals surface area (Å²) in [4.78, 5) is 14.4. The monoisotopic (exact) mass is 632 g/mol. The Morgan fingerprint density at radius 3 is 2.29 bits per heavy atom.